The first-order chi connectivity index (χ1) is 32.2. The molecule has 0 atom stereocenters. The third-order valence-electron chi connectivity index (χ3n) is 12.1. The number of anilines is 2. The van der Waals surface area contributed by atoms with Gasteiger partial charge in [-0.1, -0.05) is 91.9 Å². The lowest BCUT2D eigenvalue weighted by Crippen LogP contribution is -2.21. The van der Waals surface area contributed by atoms with Crippen LogP contribution >= 0.6 is 0 Å². The van der Waals surface area contributed by atoms with Crippen molar-refractivity contribution in [2.45, 2.75) is 90.9 Å². The van der Waals surface area contributed by atoms with Crippen LogP contribution in [0.2, 0.25) is 0 Å². The molecule has 0 saturated heterocycles. The number of aryl methyl sites for hydroxylation is 2. The Bertz CT molecular complexity index is 3100. The summed E-state index contributed by atoms with van der Waals surface area (Å²) in [4.78, 5) is 31.3. The first-order valence-corrected chi connectivity index (χ1v) is 24.6. The summed E-state index contributed by atoms with van der Waals surface area (Å²) < 4.78 is 29.2. The molecule has 0 saturated carbocycles. The van der Waals surface area contributed by atoms with Crippen molar-refractivity contribution in [1.82, 2.24) is 49.5 Å². The molecule has 2 aliphatic rings. The van der Waals surface area contributed by atoms with E-state index in [0.29, 0.717) is 38.0 Å². The van der Waals surface area contributed by atoms with Crippen molar-refractivity contribution in [3.63, 3.8) is 0 Å². The van der Waals surface area contributed by atoms with E-state index in [1.165, 1.54) is 22.3 Å². The quantitative estimate of drug-likeness (QED) is 0.0839. The third-order valence-corrected chi connectivity index (χ3v) is 12.7. The fourth-order valence-corrected chi connectivity index (χ4v) is 9.00. The van der Waals surface area contributed by atoms with Gasteiger partial charge >= 0.3 is 0 Å². The minimum absolute atomic E-state index is 0.0338. The molecule has 4 aromatic carbocycles. The molecule has 8 aromatic rings. The van der Waals surface area contributed by atoms with Crippen LogP contribution in [0.15, 0.2) is 109 Å². The van der Waals surface area contributed by atoms with Crippen molar-refractivity contribution >= 4 is 49.4 Å². The molecule has 0 unspecified atom stereocenters. The molecule has 66 heavy (non-hydrogen) atoms. The summed E-state index contributed by atoms with van der Waals surface area (Å²) in [5.41, 5.74) is 10.6. The number of sulfonamides is 1. The Morgan fingerprint density at radius 3 is 1.52 bits per heavy atom. The summed E-state index contributed by atoms with van der Waals surface area (Å²) in [6.45, 7) is 3.93. The predicted molar refractivity (Wildman–Crippen MR) is 258 cm³/mol. The second-order valence-electron chi connectivity index (χ2n) is 16.7. The molecule has 10 rings (SSSR count). The number of hydrogen-bond donors (Lipinski definition) is 4. The molecule has 16 heteroatoms. The highest BCUT2D eigenvalue weighted by atomic mass is 32.2. The molecule has 4 N–H and O–H groups in total. The highest BCUT2D eigenvalue weighted by Crippen LogP contribution is 2.30. The van der Waals surface area contributed by atoms with Crippen LogP contribution in [-0.2, 0) is 66.7 Å². The van der Waals surface area contributed by atoms with Gasteiger partial charge in [-0.2, -0.15) is 29.5 Å². The molecular weight excluding hydrogens is 849 g/mol. The van der Waals surface area contributed by atoms with E-state index in [1.807, 2.05) is 90.6 Å². The molecule has 0 aliphatic heterocycles. The number of amides is 1. The van der Waals surface area contributed by atoms with E-state index in [1.54, 1.807) is 10.9 Å². The van der Waals surface area contributed by atoms with Crippen LogP contribution in [0.25, 0.3) is 33.7 Å². The first-order valence-electron chi connectivity index (χ1n) is 22.7. The van der Waals surface area contributed by atoms with Crippen molar-refractivity contribution in [1.29, 1.82) is 0 Å². The van der Waals surface area contributed by atoms with Crippen LogP contribution in [0.1, 0.15) is 83.8 Å². The fraction of sp³-hybridized carbons (Fsp3) is 0.300. The summed E-state index contributed by atoms with van der Waals surface area (Å²) in [5.74, 6) is 2.89. The van der Waals surface area contributed by atoms with Gasteiger partial charge in [0.2, 0.25) is 15.9 Å². The topological polar surface area (TPSA) is 187 Å². The number of aromatic nitrogens is 8. The van der Waals surface area contributed by atoms with Gasteiger partial charge in [0.15, 0.2) is 0 Å². The zero-order chi connectivity index (χ0) is 45.5. The van der Waals surface area contributed by atoms with Gasteiger partial charge in [0.1, 0.15) is 11.6 Å². The van der Waals surface area contributed by atoms with Crippen molar-refractivity contribution < 1.29 is 13.2 Å². The Hall–Kier alpha value is -7.04. The molecule has 0 radical (unpaired) electrons. The van der Waals surface area contributed by atoms with Crippen LogP contribution in [0, 0.1) is 0 Å². The molecule has 2 aliphatic carbocycles. The SMILES string of the molecule is CCC(=O)NCc1cccc2c1cnn2-c1nc2c(c(NCc3ccccc3)n1)CCCC2.CS(=O)(=O)NCc1cccc2c1cnn2-c1nc2c(c(NCc3ccccc3)n1)CCCC2. The van der Waals surface area contributed by atoms with Crippen LogP contribution in [0.5, 0.6) is 0 Å². The average molecular weight is 903 g/mol. The van der Waals surface area contributed by atoms with Gasteiger partial charge < -0.3 is 16.0 Å². The van der Waals surface area contributed by atoms with E-state index in [9.17, 15) is 13.2 Å². The van der Waals surface area contributed by atoms with Crippen molar-refractivity contribution in [2.75, 3.05) is 16.9 Å². The number of rotatable bonds is 14. The zero-order valence-corrected chi connectivity index (χ0v) is 38.1. The van der Waals surface area contributed by atoms with Gasteiger partial charge in [-0.05, 0) is 85.8 Å². The van der Waals surface area contributed by atoms with Crippen molar-refractivity contribution in [2.24, 2.45) is 0 Å². The Morgan fingerprint density at radius 1 is 0.576 bits per heavy atom. The van der Waals surface area contributed by atoms with Gasteiger partial charge in [0, 0.05) is 54.5 Å². The Balaban J connectivity index is 0.000000166. The molecular formula is C50H54N12O3S. The maximum atomic E-state index is 11.7. The predicted octanol–water partition coefficient (Wildman–Crippen LogP) is 7.69. The molecule has 4 heterocycles. The lowest BCUT2D eigenvalue weighted by Gasteiger charge is -2.20. The Labute approximate surface area is 384 Å². The fourth-order valence-electron chi connectivity index (χ4n) is 8.58. The van der Waals surface area contributed by atoms with Gasteiger partial charge in [0.05, 0.1) is 41.1 Å². The highest BCUT2D eigenvalue weighted by Gasteiger charge is 2.22. The van der Waals surface area contributed by atoms with Crippen molar-refractivity contribution in [3.8, 4) is 11.9 Å². The van der Waals surface area contributed by atoms with Gasteiger partial charge in [-0.25, -0.2) is 23.1 Å². The zero-order valence-electron chi connectivity index (χ0n) is 37.3. The van der Waals surface area contributed by atoms with Crippen LogP contribution in [0.3, 0.4) is 0 Å². The lowest BCUT2D eigenvalue weighted by atomic mass is 9.96. The molecule has 0 bridgehead atoms. The number of benzene rings is 4. The normalized spacial score (nSPS) is 13.4. The highest BCUT2D eigenvalue weighted by molar-refractivity contribution is 7.88. The number of carbonyl (C=O) groups excluding carboxylic acids is 1. The lowest BCUT2D eigenvalue weighted by molar-refractivity contribution is -0.120. The summed E-state index contributed by atoms with van der Waals surface area (Å²) in [6, 6.07) is 32.4. The standard InChI is InChI=1S/C26H28N6O.C24H26N6O2S/c1-2-24(33)27-16-19-11-8-14-23-21(19)17-29-32(23)26-30-22-13-7-6-12-20(22)25(31-26)28-15-18-9-4-3-5-10-18;1-33(31,32)27-15-18-10-7-13-22-20(18)16-26-30(22)24-28-21-12-6-5-11-19(21)23(29-24)25-14-17-8-3-2-4-9-17/h3-5,8-11,14,17H,2,6-7,12-13,15-16H2,1H3,(H,27,33)(H,28,30,31);2-4,7-10,13,16,27H,5-6,11-12,14-15H2,1H3,(H,25,28,29). The Morgan fingerprint density at radius 2 is 1.05 bits per heavy atom. The minimum Gasteiger partial charge on any atom is -0.366 e. The van der Waals surface area contributed by atoms with E-state index in [2.05, 4.69) is 55.1 Å². The van der Waals surface area contributed by atoms with E-state index < -0.39 is 10.0 Å². The number of carbonyl (C=O) groups is 1. The second-order valence-corrected chi connectivity index (χ2v) is 18.6. The van der Waals surface area contributed by atoms with E-state index in [0.717, 1.165) is 114 Å². The van der Waals surface area contributed by atoms with E-state index in [-0.39, 0.29) is 12.5 Å². The molecule has 15 nitrogen and oxygen atoms in total. The molecule has 1 amide bonds. The maximum Gasteiger partial charge on any atom is 0.253 e. The maximum absolute atomic E-state index is 11.7. The largest absolute Gasteiger partial charge is 0.366 e. The van der Waals surface area contributed by atoms with E-state index in [4.69, 9.17) is 19.9 Å². The van der Waals surface area contributed by atoms with Crippen LogP contribution in [0.4, 0.5) is 11.6 Å². The monoisotopic (exact) mass is 902 g/mol. The number of nitrogens with one attached hydrogen (secondary N) is 4. The third kappa shape index (κ3) is 10.2. The smallest absolute Gasteiger partial charge is 0.253 e. The van der Waals surface area contributed by atoms with Crippen LogP contribution in [-0.4, -0.2) is 60.1 Å². The van der Waals surface area contributed by atoms with Gasteiger partial charge in [-0.3, -0.25) is 4.79 Å². The minimum atomic E-state index is -3.29. The summed E-state index contributed by atoms with van der Waals surface area (Å²) in [6.07, 6.45) is 13.6. The average Bonchev–Trinajstić information content (AvgIpc) is 4.00. The molecule has 338 valence electrons. The summed E-state index contributed by atoms with van der Waals surface area (Å²) in [7, 11) is -3.29. The Kier molecular flexibility index (Phi) is 13.4. The van der Waals surface area contributed by atoms with Gasteiger partial charge in [0.25, 0.3) is 11.9 Å². The summed E-state index contributed by atoms with van der Waals surface area (Å²) >= 11 is 0. The van der Waals surface area contributed by atoms with Gasteiger partial charge in [-0.15, -0.1) is 0 Å². The second kappa shape index (κ2) is 20.0. The number of nitrogens with zero attached hydrogens (tertiary/aromatic N) is 8. The molecule has 0 fully saturated rings. The summed E-state index contributed by atoms with van der Waals surface area (Å²) in [5, 5.41) is 21.1. The number of hydrogen-bond acceptors (Lipinski definition) is 11. The molecule has 0 spiro atoms. The first kappa shape index (κ1) is 44.2. The molecule has 4 aromatic heterocycles. The van der Waals surface area contributed by atoms with E-state index >= 15 is 0 Å². The van der Waals surface area contributed by atoms with Crippen molar-refractivity contribution in [3.05, 3.63) is 154 Å². The number of fused-ring (bicyclic) bond motifs is 4. The van der Waals surface area contributed by atoms with Crippen LogP contribution < -0.4 is 20.7 Å².